The van der Waals surface area contributed by atoms with Gasteiger partial charge >= 0.3 is 12.5 Å². The van der Waals surface area contributed by atoms with Crippen molar-refractivity contribution in [3.63, 3.8) is 0 Å². The molecule has 3 N–H and O–H groups in total. The van der Waals surface area contributed by atoms with Crippen molar-refractivity contribution in [2.75, 3.05) is 6.54 Å². The summed E-state index contributed by atoms with van der Waals surface area (Å²) in [5.74, 6) is -1.21. The van der Waals surface area contributed by atoms with Gasteiger partial charge in [0.25, 0.3) is 5.88 Å². The molecule has 0 aliphatic rings. The highest BCUT2D eigenvalue weighted by Gasteiger charge is 2.30. The van der Waals surface area contributed by atoms with E-state index in [1.54, 1.807) is 0 Å². The first kappa shape index (κ1) is 20.0. The summed E-state index contributed by atoms with van der Waals surface area (Å²) in [5.41, 5.74) is 5.60. The van der Waals surface area contributed by atoms with Gasteiger partial charge in [-0.1, -0.05) is 12.1 Å². The largest absolute Gasteiger partial charge is 0.573 e. The Hall–Kier alpha value is -3.34. The standard InChI is InChI=1S/C16H14F3N3O5/c17-16(18,19)27-11-5-3-10(4-6-11)9-25-12-2-1-7-21-14(12)26-15(24)22-13(23)8-20/h1-7H,8-9,20H2,(H,22,23,24). The van der Waals surface area contributed by atoms with Gasteiger partial charge in [-0.15, -0.1) is 13.2 Å². The number of carbonyl (C=O) groups excluding carboxylic acids is 2. The maximum Gasteiger partial charge on any atom is 0.573 e. The number of alkyl halides is 3. The molecule has 11 heteroatoms. The Balaban J connectivity index is 1.98. The number of rotatable bonds is 6. The summed E-state index contributed by atoms with van der Waals surface area (Å²) in [4.78, 5) is 26.4. The van der Waals surface area contributed by atoms with E-state index in [1.165, 1.54) is 30.5 Å². The zero-order chi connectivity index (χ0) is 19.9. The fourth-order valence-corrected chi connectivity index (χ4v) is 1.79. The molecule has 0 aliphatic heterocycles. The Labute approximate surface area is 151 Å². The van der Waals surface area contributed by atoms with Crippen LogP contribution >= 0.6 is 0 Å². The number of nitrogens with two attached hydrogens (primary N) is 1. The zero-order valence-corrected chi connectivity index (χ0v) is 13.7. The fraction of sp³-hybridized carbons (Fsp3) is 0.188. The van der Waals surface area contributed by atoms with Crippen LogP contribution in [0, 0.1) is 0 Å². The first-order chi connectivity index (χ1) is 12.8. The lowest BCUT2D eigenvalue weighted by atomic mass is 10.2. The van der Waals surface area contributed by atoms with Crippen molar-refractivity contribution in [3.8, 4) is 17.4 Å². The minimum atomic E-state index is -4.77. The van der Waals surface area contributed by atoms with Crippen LogP contribution in [-0.2, 0) is 11.4 Å². The van der Waals surface area contributed by atoms with E-state index in [-0.39, 0.29) is 24.0 Å². The third-order valence-corrected chi connectivity index (χ3v) is 2.90. The van der Waals surface area contributed by atoms with Crippen molar-refractivity contribution in [1.82, 2.24) is 10.3 Å². The summed E-state index contributed by atoms with van der Waals surface area (Å²) in [5, 5.41) is 1.88. The number of pyridine rings is 1. The minimum Gasteiger partial charge on any atom is -0.483 e. The molecule has 0 radical (unpaired) electrons. The monoisotopic (exact) mass is 385 g/mol. The molecule has 0 atom stereocenters. The summed E-state index contributed by atoms with van der Waals surface area (Å²) in [7, 11) is 0. The van der Waals surface area contributed by atoms with Gasteiger partial charge in [0.15, 0.2) is 5.75 Å². The molecule has 0 aliphatic carbocycles. The van der Waals surface area contributed by atoms with E-state index in [0.29, 0.717) is 5.56 Å². The van der Waals surface area contributed by atoms with Crippen LogP contribution in [0.5, 0.6) is 17.4 Å². The molecule has 144 valence electrons. The number of nitrogens with zero attached hydrogens (tertiary/aromatic N) is 1. The van der Waals surface area contributed by atoms with Gasteiger partial charge in [0, 0.05) is 6.20 Å². The second kappa shape index (κ2) is 8.85. The third kappa shape index (κ3) is 6.82. The van der Waals surface area contributed by atoms with Crippen molar-refractivity contribution < 1.29 is 37.0 Å². The Morgan fingerprint density at radius 1 is 1.15 bits per heavy atom. The van der Waals surface area contributed by atoms with Gasteiger partial charge in [0.05, 0.1) is 6.54 Å². The molecule has 2 aromatic rings. The predicted molar refractivity (Wildman–Crippen MR) is 84.9 cm³/mol. The van der Waals surface area contributed by atoms with Gasteiger partial charge < -0.3 is 19.9 Å². The highest BCUT2D eigenvalue weighted by molar-refractivity contribution is 5.93. The molecule has 0 saturated carbocycles. The maximum atomic E-state index is 12.1. The fourth-order valence-electron chi connectivity index (χ4n) is 1.79. The third-order valence-electron chi connectivity index (χ3n) is 2.90. The normalized spacial score (nSPS) is 10.8. The average Bonchev–Trinajstić information content (AvgIpc) is 2.60. The van der Waals surface area contributed by atoms with Crippen LogP contribution in [0.4, 0.5) is 18.0 Å². The lowest BCUT2D eigenvalue weighted by Crippen LogP contribution is -2.37. The first-order valence-electron chi connectivity index (χ1n) is 7.41. The van der Waals surface area contributed by atoms with Gasteiger partial charge in [0.1, 0.15) is 12.4 Å². The van der Waals surface area contributed by atoms with Crippen LogP contribution in [0.2, 0.25) is 0 Å². The quantitative estimate of drug-likeness (QED) is 0.783. The Morgan fingerprint density at radius 3 is 2.48 bits per heavy atom. The molecular formula is C16H14F3N3O5. The van der Waals surface area contributed by atoms with Gasteiger partial charge in [0.2, 0.25) is 5.91 Å². The first-order valence-corrected chi connectivity index (χ1v) is 7.41. The van der Waals surface area contributed by atoms with Crippen LogP contribution in [0.3, 0.4) is 0 Å². The van der Waals surface area contributed by atoms with Gasteiger partial charge in [-0.2, -0.15) is 0 Å². The number of halogens is 3. The molecule has 1 heterocycles. The SMILES string of the molecule is NCC(=O)NC(=O)Oc1ncccc1OCc1ccc(OC(F)(F)F)cc1. The number of amides is 2. The number of nitrogens with one attached hydrogen (secondary N) is 1. The Bertz CT molecular complexity index is 797. The number of imide groups is 1. The van der Waals surface area contributed by atoms with Crippen LogP contribution in [0.15, 0.2) is 42.6 Å². The molecular weight excluding hydrogens is 371 g/mol. The molecule has 27 heavy (non-hydrogen) atoms. The molecule has 1 aromatic carbocycles. The van der Waals surface area contributed by atoms with Crippen molar-refractivity contribution in [2.45, 2.75) is 13.0 Å². The van der Waals surface area contributed by atoms with E-state index in [9.17, 15) is 22.8 Å². The molecule has 0 spiro atoms. The zero-order valence-electron chi connectivity index (χ0n) is 13.7. The topological polar surface area (TPSA) is 113 Å². The van der Waals surface area contributed by atoms with E-state index in [1.807, 2.05) is 5.32 Å². The van der Waals surface area contributed by atoms with Crippen molar-refractivity contribution in [3.05, 3.63) is 48.2 Å². The number of hydrogen-bond acceptors (Lipinski definition) is 7. The second-order valence-electron chi connectivity index (χ2n) is 4.93. The Kier molecular flexibility index (Phi) is 6.55. The number of aromatic nitrogens is 1. The van der Waals surface area contributed by atoms with Gasteiger partial charge in [-0.05, 0) is 29.8 Å². The lowest BCUT2D eigenvalue weighted by molar-refractivity contribution is -0.274. The van der Waals surface area contributed by atoms with E-state index in [4.69, 9.17) is 15.2 Å². The Morgan fingerprint density at radius 2 is 1.85 bits per heavy atom. The van der Waals surface area contributed by atoms with Crippen molar-refractivity contribution in [1.29, 1.82) is 0 Å². The highest BCUT2D eigenvalue weighted by Crippen LogP contribution is 2.26. The van der Waals surface area contributed by atoms with E-state index >= 15 is 0 Å². The molecule has 0 bridgehead atoms. The van der Waals surface area contributed by atoms with Crippen molar-refractivity contribution in [2.24, 2.45) is 5.73 Å². The molecule has 0 fully saturated rings. The van der Waals surface area contributed by atoms with Gasteiger partial charge in [-0.3, -0.25) is 10.1 Å². The molecule has 8 nitrogen and oxygen atoms in total. The summed E-state index contributed by atoms with van der Waals surface area (Å²) in [6.45, 7) is -0.438. The van der Waals surface area contributed by atoms with E-state index < -0.39 is 24.9 Å². The number of carbonyl (C=O) groups is 2. The summed E-state index contributed by atoms with van der Waals surface area (Å²) >= 11 is 0. The number of hydrogen-bond donors (Lipinski definition) is 2. The molecule has 2 amide bonds. The maximum absolute atomic E-state index is 12.1. The summed E-state index contributed by atoms with van der Waals surface area (Å²) < 4.78 is 50.5. The second-order valence-corrected chi connectivity index (χ2v) is 4.93. The average molecular weight is 385 g/mol. The van der Waals surface area contributed by atoms with E-state index in [0.717, 1.165) is 12.1 Å². The van der Waals surface area contributed by atoms with Gasteiger partial charge in [-0.25, -0.2) is 9.78 Å². The number of ether oxygens (including phenoxy) is 3. The summed E-state index contributed by atoms with van der Waals surface area (Å²) in [6.07, 6.45) is -4.52. The smallest absolute Gasteiger partial charge is 0.483 e. The highest BCUT2D eigenvalue weighted by atomic mass is 19.4. The molecule has 0 unspecified atom stereocenters. The van der Waals surface area contributed by atoms with Crippen LogP contribution in [-0.4, -0.2) is 29.9 Å². The molecule has 1 aromatic heterocycles. The number of benzene rings is 1. The van der Waals surface area contributed by atoms with Crippen molar-refractivity contribution >= 4 is 12.0 Å². The summed E-state index contributed by atoms with van der Waals surface area (Å²) in [6, 6.07) is 8.01. The minimum absolute atomic E-state index is 0.0439. The van der Waals surface area contributed by atoms with Crippen LogP contribution in [0.25, 0.3) is 0 Å². The van der Waals surface area contributed by atoms with Crippen LogP contribution < -0.4 is 25.3 Å². The molecule has 0 saturated heterocycles. The van der Waals surface area contributed by atoms with E-state index in [2.05, 4.69) is 9.72 Å². The predicted octanol–water partition coefficient (Wildman–Crippen LogP) is 2.13. The van der Waals surface area contributed by atoms with Crippen LogP contribution in [0.1, 0.15) is 5.56 Å². The lowest BCUT2D eigenvalue weighted by Gasteiger charge is -2.11. The molecule has 2 rings (SSSR count).